The first-order chi connectivity index (χ1) is 7.06. The van der Waals surface area contributed by atoms with Crippen LogP contribution < -0.4 is 0 Å². The van der Waals surface area contributed by atoms with Gasteiger partial charge in [-0.1, -0.05) is 6.07 Å². The van der Waals surface area contributed by atoms with E-state index in [1.807, 2.05) is 0 Å². The molecular weight excluding hydrogens is 195 g/mol. The first kappa shape index (κ1) is 11.9. The lowest BCUT2D eigenvalue weighted by Gasteiger charge is -2.07. The van der Waals surface area contributed by atoms with Crippen molar-refractivity contribution >= 4 is 5.78 Å². The van der Waals surface area contributed by atoms with Gasteiger partial charge in [0.15, 0.2) is 5.78 Å². The molecule has 2 nitrogen and oxygen atoms in total. The van der Waals surface area contributed by atoms with Crippen molar-refractivity contribution in [2.75, 3.05) is 13.2 Å². The third kappa shape index (κ3) is 2.86. The Morgan fingerprint density at radius 1 is 1.40 bits per heavy atom. The number of ether oxygens (including phenoxy) is 1. The Bertz CT molecular complexity index is 349. The molecule has 1 rings (SSSR count). The van der Waals surface area contributed by atoms with Crippen LogP contribution in [-0.2, 0) is 4.74 Å². The van der Waals surface area contributed by atoms with Crippen LogP contribution in [0.1, 0.15) is 28.4 Å². The van der Waals surface area contributed by atoms with Crippen molar-refractivity contribution in [3.8, 4) is 0 Å². The first-order valence-electron chi connectivity index (χ1n) is 4.94. The molecule has 0 aromatic heterocycles. The molecule has 0 bridgehead atoms. The molecule has 1 aromatic rings. The van der Waals surface area contributed by atoms with Crippen molar-refractivity contribution in [1.29, 1.82) is 0 Å². The second kappa shape index (κ2) is 5.03. The lowest BCUT2D eigenvalue weighted by molar-refractivity contribution is 0.0778. The van der Waals surface area contributed by atoms with Gasteiger partial charge in [-0.05, 0) is 38.0 Å². The molecule has 0 aliphatic rings. The van der Waals surface area contributed by atoms with E-state index in [4.69, 9.17) is 4.74 Å². The van der Waals surface area contributed by atoms with Gasteiger partial charge in [0.1, 0.15) is 12.4 Å². The average molecular weight is 210 g/mol. The van der Waals surface area contributed by atoms with E-state index in [9.17, 15) is 9.18 Å². The molecule has 0 fully saturated rings. The fraction of sp³-hybridized carbons (Fsp3) is 0.417. The maximum atomic E-state index is 13.5. The minimum absolute atomic E-state index is 0.0582. The largest absolute Gasteiger partial charge is 0.374 e. The third-order valence-electron chi connectivity index (χ3n) is 2.15. The van der Waals surface area contributed by atoms with Gasteiger partial charge in [-0.25, -0.2) is 4.39 Å². The molecule has 15 heavy (non-hydrogen) atoms. The second-order valence-electron chi connectivity index (χ2n) is 3.50. The van der Waals surface area contributed by atoms with Crippen molar-refractivity contribution in [3.05, 3.63) is 34.6 Å². The van der Waals surface area contributed by atoms with Crippen molar-refractivity contribution in [3.63, 3.8) is 0 Å². The highest BCUT2D eigenvalue weighted by molar-refractivity contribution is 5.98. The van der Waals surface area contributed by atoms with E-state index in [0.29, 0.717) is 12.2 Å². The summed E-state index contributed by atoms with van der Waals surface area (Å²) in [4.78, 5) is 11.6. The number of Topliss-reactive ketones (excluding diaryl/α,β-unsaturated/α-hetero) is 1. The predicted molar refractivity (Wildman–Crippen MR) is 56.7 cm³/mol. The summed E-state index contributed by atoms with van der Waals surface area (Å²) in [7, 11) is 0. The fourth-order valence-corrected chi connectivity index (χ4v) is 1.54. The summed E-state index contributed by atoms with van der Waals surface area (Å²) in [6.07, 6.45) is 0. The smallest absolute Gasteiger partial charge is 0.191 e. The molecule has 82 valence electrons. The monoisotopic (exact) mass is 210 g/mol. The molecule has 0 amide bonds. The minimum atomic E-state index is -0.461. The van der Waals surface area contributed by atoms with Gasteiger partial charge in [-0.3, -0.25) is 4.79 Å². The summed E-state index contributed by atoms with van der Waals surface area (Å²) >= 11 is 0. The van der Waals surface area contributed by atoms with E-state index >= 15 is 0 Å². The Kier molecular flexibility index (Phi) is 3.97. The predicted octanol–water partition coefficient (Wildman–Crippen LogP) is 2.66. The zero-order valence-corrected chi connectivity index (χ0v) is 9.26. The Hall–Kier alpha value is -1.22. The van der Waals surface area contributed by atoms with Crippen molar-refractivity contribution < 1.29 is 13.9 Å². The van der Waals surface area contributed by atoms with E-state index < -0.39 is 5.82 Å². The van der Waals surface area contributed by atoms with Crippen LogP contribution in [0.2, 0.25) is 0 Å². The molecule has 0 N–H and O–H groups in total. The maximum absolute atomic E-state index is 13.5. The highest BCUT2D eigenvalue weighted by Crippen LogP contribution is 2.16. The quantitative estimate of drug-likeness (QED) is 0.714. The maximum Gasteiger partial charge on any atom is 0.191 e. The van der Waals surface area contributed by atoms with Crippen molar-refractivity contribution in [2.45, 2.75) is 20.8 Å². The van der Waals surface area contributed by atoms with E-state index in [1.54, 1.807) is 26.8 Å². The average Bonchev–Trinajstić information content (AvgIpc) is 2.12. The third-order valence-corrected chi connectivity index (χ3v) is 2.15. The highest BCUT2D eigenvalue weighted by Gasteiger charge is 2.14. The van der Waals surface area contributed by atoms with Gasteiger partial charge in [0.05, 0.1) is 5.56 Å². The molecule has 0 aliphatic carbocycles. The topological polar surface area (TPSA) is 26.3 Å². The summed E-state index contributed by atoms with van der Waals surface area (Å²) in [6, 6.07) is 3.16. The first-order valence-corrected chi connectivity index (χ1v) is 4.94. The number of ketones is 1. The van der Waals surface area contributed by atoms with Gasteiger partial charge in [0, 0.05) is 6.61 Å². The Balaban J connectivity index is 2.98. The molecule has 0 aliphatic heterocycles. The van der Waals surface area contributed by atoms with Crippen LogP contribution in [0.5, 0.6) is 0 Å². The standard InChI is InChI=1S/C12H15FO2/c1-4-15-7-11(14)12-9(3)5-8(2)6-10(12)13/h5-6H,4,7H2,1-3H3. The molecule has 0 saturated heterocycles. The lowest BCUT2D eigenvalue weighted by atomic mass is 10.0. The van der Waals surface area contributed by atoms with Crippen LogP contribution >= 0.6 is 0 Å². The number of hydrogen-bond acceptors (Lipinski definition) is 2. The van der Waals surface area contributed by atoms with Crippen LogP contribution in [0.3, 0.4) is 0 Å². The number of hydrogen-bond donors (Lipinski definition) is 0. The highest BCUT2D eigenvalue weighted by atomic mass is 19.1. The molecule has 0 radical (unpaired) electrons. The second-order valence-corrected chi connectivity index (χ2v) is 3.50. The van der Waals surface area contributed by atoms with E-state index in [0.717, 1.165) is 5.56 Å². The van der Waals surface area contributed by atoms with Gasteiger partial charge in [-0.2, -0.15) is 0 Å². The van der Waals surface area contributed by atoms with Gasteiger partial charge in [-0.15, -0.1) is 0 Å². The van der Waals surface area contributed by atoms with E-state index in [2.05, 4.69) is 0 Å². The van der Waals surface area contributed by atoms with Crippen LogP contribution in [-0.4, -0.2) is 19.0 Å². The summed E-state index contributed by atoms with van der Waals surface area (Å²) in [6.45, 7) is 5.73. The Labute approximate surface area is 89.1 Å². The molecule has 3 heteroatoms. The normalized spacial score (nSPS) is 10.4. The molecular formula is C12H15FO2. The lowest BCUT2D eigenvalue weighted by Crippen LogP contribution is -2.12. The zero-order valence-electron chi connectivity index (χ0n) is 9.26. The summed E-state index contributed by atoms with van der Waals surface area (Å²) in [5, 5.41) is 0. The Morgan fingerprint density at radius 2 is 2.07 bits per heavy atom. The molecule has 1 aromatic carbocycles. The number of halogens is 1. The molecule has 0 spiro atoms. The zero-order chi connectivity index (χ0) is 11.4. The van der Waals surface area contributed by atoms with Crippen LogP contribution in [0.4, 0.5) is 4.39 Å². The fourth-order valence-electron chi connectivity index (χ4n) is 1.54. The molecule has 0 saturated carbocycles. The van der Waals surface area contributed by atoms with Gasteiger partial charge in [0.25, 0.3) is 0 Å². The number of carbonyl (C=O) groups is 1. The van der Waals surface area contributed by atoms with Crippen LogP contribution in [0.25, 0.3) is 0 Å². The minimum Gasteiger partial charge on any atom is -0.374 e. The van der Waals surface area contributed by atoms with Crippen LogP contribution in [0.15, 0.2) is 12.1 Å². The summed E-state index contributed by atoms with van der Waals surface area (Å²) in [5.41, 5.74) is 1.63. The Morgan fingerprint density at radius 3 is 2.60 bits per heavy atom. The van der Waals surface area contributed by atoms with Crippen molar-refractivity contribution in [2.24, 2.45) is 0 Å². The molecule has 0 heterocycles. The molecule has 0 unspecified atom stereocenters. The van der Waals surface area contributed by atoms with Crippen LogP contribution in [0, 0.1) is 19.7 Å². The number of aryl methyl sites for hydroxylation is 2. The van der Waals surface area contributed by atoms with Gasteiger partial charge >= 0.3 is 0 Å². The number of benzene rings is 1. The van der Waals surface area contributed by atoms with Gasteiger partial charge in [0.2, 0.25) is 0 Å². The van der Waals surface area contributed by atoms with E-state index in [-0.39, 0.29) is 18.0 Å². The summed E-state index contributed by atoms with van der Waals surface area (Å²) in [5.74, 6) is -0.760. The summed E-state index contributed by atoms with van der Waals surface area (Å²) < 4.78 is 18.5. The van der Waals surface area contributed by atoms with E-state index in [1.165, 1.54) is 6.07 Å². The SMILES string of the molecule is CCOCC(=O)c1c(C)cc(C)cc1F. The molecule has 0 atom stereocenters. The van der Waals surface area contributed by atoms with Gasteiger partial charge < -0.3 is 4.74 Å². The number of rotatable bonds is 4. The number of carbonyl (C=O) groups excluding carboxylic acids is 1. The van der Waals surface area contributed by atoms with Crippen molar-refractivity contribution in [1.82, 2.24) is 0 Å².